The third kappa shape index (κ3) is 7.94. The van der Waals surface area contributed by atoms with Crippen molar-refractivity contribution in [1.82, 2.24) is 16.0 Å². The van der Waals surface area contributed by atoms with Crippen LogP contribution in [-0.2, 0) is 22.4 Å². The van der Waals surface area contributed by atoms with Gasteiger partial charge in [-0.25, -0.2) is 0 Å². The Hall–Kier alpha value is -4.13. The Balaban J connectivity index is 1.58. The van der Waals surface area contributed by atoms with Gasteiger partial charge < -0.3 is 20.7 Å². The fourth-order valence-electron chi connectivity index (χ4n) is 5.17. The van der Waals surface area contributed by atoms with Gasteiger partial charge in [0, 0.05) is 24.4 Å². The Labute approximate surface area is 236 Å². The van der Waals surface area contributed by atoms with Gasteiger partial charge in [-0.3, -0.25) is 14.4 Å². The van der Waals surface area contributed by atoms with Crippen LogP contribution in [0.1, 0.15) is 60.5 Å². The minimum atomic E-state index is -1.33. The Kier molecular flexibility index (Phi) is 9.95. The Morgan fingerprint density at radius 1 is 0.850 bits per heavy atom. The zero-order chi connectivity index (χ0) is 28.4. The van der Waals surface area contributed by atoms with Crippen molar-refractivity contribution < 1.29 is 19.1 Å². The molecule has 0 aromatic heterocycles. The molecule has 2 atom stereocenters. The molecule has 2 unspecified atom stereocenters. The Bertz CT molecular complexity index is 1260. The van der Waals surface area contributed by atoms with E-state index in [-0.39, 0.29) is 24.3 Å². The molecule has 0 saturated heterocycles. The van der Waals surface area contributed by atoms with E-state index in [2.05, 4.69) is 16.0 Å². The summed E-state index contributed by atoms with van der Waals surface area (Å²) in [6.45, 7) is 1.70. The average molecular weight is 542 g/mol. The summed E-state index contributed by atoms with van der Waals surface area (Å²) in [5, 5.41) is 9.14. The summed E-state index contributed by atoms with van der Waals surface area (Å²) in [7, 11) is 1.60. The van der Waals surface area contributed by atoms with Crippen LogP contribution in [0, 0.1) is 0 Å². The van der Waals surface area contributed by atoms with Crippen molar-refractivity contribution in [2.45, 2.75) is 69.5 Å². The maximum atomic E-state index is 14.0. The van der Waals surface area contributed by atoms with Crippen LogP contribution in [-0.4, -0.2) is 42.5 Å². The summed E-state index contributed by atoms with van der Waals surface area (Å²) >= 11 is 0. The Morgan fingerprint density at radius 2 is 1.48 bits per heavy atom. The normalized spacial score (nSPS) is 15.8. The number of hydrogen-bond donors (Lipinski definition) is 3. The minimum absolute atomic E-state index is 0.111. The largest absolute Gasteiger partial charge is 0.497 e. The third-order valence-corrected chi connectivity index (χ3v) is 7.50. The summed E-state index contributed by atoms with van der Waals surface area (Å²) in [5.74, 6) is -0.291. The summed E-state index contributed by atoms with van der Waals surface area (Å²) in [5.41, 5.74) is 0.906. The molecule has 3 amide bonds. The monoisotopic (exact) mass is 541 g/mol. The zero-order valence-electron chi connectivity index (χ0n) is 23.3. The lowest BCUT2D eigenvalue weighted by atomic mass is 9.90. The van der Waals surface area contributed by atoms with Crippen molar-refractivity contribution in [3.8, 4) is 5.75 Å². The molecule has 0 spiro atoms. The summed E-state index contributed by atoms with van der Waals surface area (Å²) in [6, 6.07) is 25.2. The van der Waals surface area contributed by atoms with Crippen LogP contribution in [0.3, 0.4) is 0 Å². The number of carbonyl (C=O) groups is 3. The van der Waals surface area contributed by atoms with Gasteiger partial charge in [0.05, 0.1) is 7.11 Å². The molecular weight excluding hydrogens is 502 g/mol. The van der Waals surface area contributed by atoms with E-state index >= 15 is 0 Å². The van der Waals surface area contributed by atoms with Gasteiger partial charge in [0.15, 0.2) is 0 Å². The first kappa shape index (κ1) is 28.9. The fraction of sp³-hybridized carbons (Fsp3) is 0.364. The van der Waals surface area contributed by atoms with E-state index in [1.807, 2.05) is 60.7 Å². The molecule has 210 valence electrons. The van der Waals surface area contributed by atoms with Crippen LogP contribution in [0.25, 0.3) is 0 Å². The highest BCUT2D eigenvalue weighted by atomic mass is 16.5. The highest BCUT2D eigenvalue weighted by molar-refractivity contribution is 6.00. The van der Waals surface area contributed by atoms with Crippen LogP contribution >= 0.6 is 0 Å². The molecule has 1 aliphatic carbocycles. The number of methoxy groups -OCH3 is 1. The predicted molar refractivity (Wildman–Crippen MR) is 156 cm³/mol. The Morgan fingerprint density at radius 3 is 2.10 bits per heavy atom. The standard InChI is InChI=1S/C33H39N3O4/c1-33(23-25-18-20-28(40-2)21-19-25,36-30(37)26-14-8-4-9-15-26)32(39)35-29(22-24-12-6-3-7-13-24)31(38)34-27-16-10-5-11-17-27/h3-4,6-9,12-15,18-21,27,29H,5,10-11,16-17,22-23H2,1-2H3,(H,34,38)(H,35,39)(H,36,37). The molecule has 7 heteroatoms. The summed E-state index contributed by atoms with van der Waals surface area (Å²) < 4.78 is 5.27. The van der Waals surface area contributed by atoms with Crippen molar-refractivity contribution in [3.05, 3.63) is 102 Å². The molecule has 0 bridgehead atoms. The second kappa shape index (κ2) is 13.8. The first-order valence-electron chi connectivity index (χ1n) is 14.0. The predicted octanol–water partition coefficient (Wildman–Crippen LogP) is 4.60. The van der Waals surface area contributed by atoms with E-state index in [1.165, 1.54) is 6.42 Å². The molecule has 3 aromatic rings. The fourth-order valence-corrected chi connectivity index (χ4v) is 5.17. The number of nitrogens with one attached hydrogen (secondary N) is 3. The van der Waals surface area contributed by atoms with Gasteiger partial charge in [0.2, 0.25) is 11.8 Å². The summed E-state index contributed by atoms with van der Waals surface area (Å²) in [6.07, 6.45) is 5.82. The van der Waals surface area contributed by atoms with Crippen LogP contribution < -0.4 is 20.7 Å². The highest BCUT2D eigenvalue weighted by Crippen LogP contribution is 2.20. The van der Waals surface area contributed by atoms with Crippen molar-refractivity contribution >= 4 is 17.7 Å². The number of ether oxygens (including phenoxy) is 1. The van der Waals surface area contributed by atoms with Crippen LogP contribution in [0.4, 0.5) is 0 Å². The molecular formula is C33H39N3O4. The summed E-state index contributed by atoms with van der Waals surface area (Å²) in [4.78, 5) is 40.8. The number of hydrogen-bond acceptors (Lipinski definition) is 4. The van der Waals surface area contributed by atoms with Crippen LogP contribution in [0.15, 0.2) is 84.9 Å². The highest BCUT2D eigenvalue weighted by Gasteiger charge is 2.38. The first-order valence-corrected chi connectivity index (χ1v) is 14.0. The van der Waals surface area contributed by atoms with Gasteiger partial charge in [-0.1, -0.05) is 79.9 Å². The van der Waals surface area contributed by atoms with E-state index < -0.39 is 17.5 Å². The second-order valence-electron chi connectivity index (χ2n) is 10.7. The van der Waals surface area contributed by atoms with E-state index in [1.54, 1.807) is 38.3 Å². The number of amides is 3. The van der Waals surface area contributed by atoms with Crippen LogP contribution in [0.5, 0.6) is 5.75 Å². The van der Waals surface area contributed by atoms with Crippen molar-refractivity contribution in [2.75, 3.05) is 7.11 Å². The molecule has 0 heterocycles. The lowest BCUT2D eigenvalue weighted by Gasteiger charge is -2.32. The van der Waals surface area contributed by atoms with Gasteiger partial charge >= 0.3 is 0 Å². The number of benzene rings is 3. The van der Waals surface area contributed by atoms with Crippen molar-refractivity contribution in [1.29, 1.82) is 0 Å². The third-order valence-electron chi connectivity index (χ3n) is 7.50. The molecule has 1 fully saturated rings. The lowest BCUT2D eigenvalue weighted by molar-refractivity contribution is -0.132. The number of carbonyl (C=O) groups excluding carboxylic acids is 3. The maximum Gasteiger partial charge on any atom is 0.252 e. The zero-order valence-corrected chi connectivity index (χ0v) is 23.3. The van der Waals surface area contributed by atoms with E-state index in [4.69, 9.17) is 4.74 Å². The quantitative estimate of drug-likeness (QED) is 0.331. The molecule has 0 radical (unpaired) electrons. The van der Waals surface area contributed by atoms with Gasteiger partial charge in [-0.15, -0.1) is 0 Å². The van der Waals surface area contributed by atoms with Gasteiger partial charge in [0.25, 0.3) is 5.91 Å². The second-order valence-corrected chi connectivity index (χ2v) is 10.7. The molecule has 40 heavy (non-hydrogen) atoms. The first-order chi connectivity index (χ1) is 19.4. The molecule has 1 saturated carbocycles. The lowest BCUT2D eigenvalue weighted by Crippen LogP contribution is -2.62. The van der Waals surface area contributed by atoms with Gasteiger partial charge in [0.1, 0.15) is 17.3 Å². The van der Waals surface area contributed by atoms with E-state index in [9.17, 15) is 14.4 Å². The molecule has 7 nitrogen and oxygen atoms in total. The molecule has 3 aromatic carbocycles. The SMILES string of the molecule is COc1ccc(CC(C)(NC(=O)c2ccccc2)C(=O)NC(Cc2ccccc2)C(=O)NC2CCCCC2)cc1. The molecule has 3 N–H and O–H groups in total. The van der Waals surface area contributed by atoms with Crippen LogP contribution in [0.2, 0.25) is 0 Å². The maximum absolute atomic E-state index is 14.0. The van der Waals surface area contributed by atoms with Crippen molar-refractivity contribution in [3.63, 3.8) is 0 Å². The van der Waals surface area contributed by atoms with Gasteiger partial charge in [-0.2, -0.15) is 0 Å². The minimum Gasteiger partial charge on any atom is -0.497 e. The van der Waals surface area contributed by atoms with Crippen molar-refractivity contribution in [2.24, 2.45) is 0 Å². The van der Waals surface area contributed by atoms with E-state index in [0.29, 0.717) is 17.7 Å². The topological polar surface area (TPSA) is 96.5 Å². The molecule has 1 aliphatic rings. The molecule has 4 rings (SSSR count). The average Bonchev–Trinajstić information content (AvgIpc) is 2.98. The van der Waals surface area contributed by atoms with Gasteiger partial charge in [-0.05, 0) is 55.2 Å². The van der Waals surface area contributed by atoms with E-state index in [0.717, 1.165) is 36.8 Å². The number of rotatable bonds is 11. The molecule has 0 aliphatic heterocycles. The smallest absolute Gasteiger partial charge is 0.252 e.